The largest absolute Gasteiger partial charge is 0.494 e. The number of primary amides is 1. The van der Waals surface area contributed by atoms with E-state index >= 15 is 0 Å². The fraction of sp³-hybridized carbons (Fsp3) is 0.588. The Morgan fingerprint density at radius 2 is 2.14 bits per heavy atom. The predicted octanol–water partition coefficient (Wildman–Crippen LogP) is 2.22. The van der Waals surface area contributed by atoms with Gasteiger partial charge in [0.2, 0.25) is 5.91 Å². The third kappa shape index (κ3) is 5.76. The molecule has 1 heterocycles. The molecule has 2 rings (SSSR count). The molecule has 1 aromatic carbocycles. The lowest BCUT2D eigenvalue weighted by molar-refractivity contribution is -0.117. The van der Waals surface area contributed by atoms with Crippen molar-refractivity contribution in [3.63, 3.8) is 0 Å². The summed E-state index contributed by atoms with van der Waals surface area (Å²) in [5.74, 6) is 1.37. The van der Waals surface area contributed by atoms with Crippen LogP contribution in [-0.2, 0) is 11.2 Å². The van der Waals surface area contributed by atoms with E-state index < -0.39 is 0 Å². The average molecular weight is 290 g/mol. The van der Waals surface area contributed by atoms with Crippen LogP contribution in [0.3, 0.4) is 0 Å². The molecule has 0 unspecified atom stereocenters. The van der Waals surface area contributed by atoms with Gasteiger partial charge in [0.05, 0.1) is 13.0 Å². The molecule has 0 atom stereocenters. The van der Waals surface area contributed by atoms with E-state index in [1.54, 1.807) is 0 Å². The summed E-state index contributed by atoms with van der Waals surface area (Å²) in [7, 11) is 2.19. The smallest absolute Gasteiger partial charge is 0.221 e. The first-order valence-electron chi connectivity index (χ1n) is 7.82. The first kappa shape index (κ1) is 15.8. The Hall–Kier alpha value is -1.55. The Kier molecular flexibility index (Phi) is 6.05. The molecule has 0 aliphatic carbocycles. The van der Waals surface area contributed by atoms with Crippen LogP contribution in [0.5, 0.6) is 5.75 Å². The van der Waals surface area contributed by atoms with Crippen LogP contribution in [0.25, 0.3) is 0 Å². The topological polar surface area (TPSA) is 55.6 Å². The number of rotatable bonds is 7. The minimum Gasteiger partial charge on any atom is -0.494 e. The normalized spacial score (nSPS) is 16.8. The van der Waals surface area contributed by atoms with Crippen molar-refractivity contribution in [1.29, 1.82) is 0 Å². The van der Waals surface area contributed by atoms with Crippen molar-refractivity contribution < 1.29 is 9.53 Å². The molecule has 4 nitrogen and oxygen atoms in total. The molecule has 2 N–H and O–H groups in total. The molecule has 1 amide bonds. The van der Waals surface area contributed by atoms with E-state index in [0.29, 0.717) is 0 Å². The summed E-state index contributed by atoms with van der Waals surface area (Å²) < 4.78 is 5.78. The Labute approximate surface area is 127 Å². The van der Waals surface area contributed by atoms with Crippen molar-refractivity contribution in [2.75, 3.05) is 26.7 Å². The minimum atomic E-state index is -0.311. The minimum absolute atomic E-state index is 0.271. The maximum atomic E-state index is 10.9. The summed E-state index contributed by atoms with van der Waals surface area (Å²) in [6, 6.07) is 7.64. The molecule has 0 radical (unpaired) electrons. The van der Waals surface area contributed by atoms with Gasteiger partial charge in [-0.3, -0.25) is 4.79 Å². The number of piperidine rings is 1. The van der Waals surface area contributed by atoms with Crippen LogP contribution in [0, 0.1) is 5.92 Å². The van der Waals surface area contributed by atoms with E-state index in [-0.39, 0.29) is 12.3 Å². The van der Waals surface area contributed by atoms with Gasteiger partial charge in [0.15, 0.2) is 0 Å². The van der Waals surface area contributed by atoms with E-state index in [0.717, 1.165) is 30.3 Å². The van der Waals surface area contributed by atoms with Crippen LogP contribution >= 0.6 is 0 Å². The second-order valence-electron chi connectivity index (χ2n) is 6.03. The number of nitrogens with two attached hydrogens (primary N) is 1. The van der Waals surface area contributed by atoms with Gasteiger partial charge >= 0.3 is 0 Å². The van der Waals surface area contributed by atoms with Crippen molar-refractivity contribution >= 4 is 5.91 Å². The molecule has 0 bridgehead atoms. The molecule has 1 saturated heterocycles. The molecule has 0 saturated carbocycles. The van der Waals surface area contributed by atoms with E-state index in [9.17, 15) is 4.79 Å². The molecule has 1 aliphatic heterocycles. The third-order valence-corrected chi connectivity index (χ3v) is 4.14. The summed E-state index contributed by atoms with van der Waals surface area (Å²) >= 11 is 0. The molecule has 1 aromatic rings. The molecule has 21 heavy (non-hydrogen) atoms. The zero-order valence-electron chi connectivity index (χ0n) is 12.9. The van der Waals surface area contributed by atoms with Gasteiger partial charge in [-0.15, -0.1) is 0 Å². The van der Waals surface area contributed by atoms with Crippen LogP contribution in [0.15, 0.2) is 24.3 Å². The lowest BCUT2D eigenvalue weighted by atomic mass is 9.93. The second-order valence-corrected chi connectivity index (χ2v) is 6.03. The predicted molar refractivity (Wildman–Crippen MR) is 84.3 cm³/mol. The SMILES string of the molecule is CN1CCC(CCCOc2cccc(CC(N)=O)c2)CC1. The number of amides is 1. The number of hydrogen-bond donors (Lipinski definition) is 1. The molecular weight excluding hydrogens is 264 g/mol. The van der Waals surface area contributed by atoms with E-state index in [2.05, 4.69) is 11.9 Å². The molecule has 1 aliphatic rings. The van der Waals surface area contributed by atoms with Crippen LogP contribution in [0.4, 0.5) is 0 Å². The van der Waals surface area contributed by atoms with Crippen molar-refractivity contribution in [2.24, 2.45) is 11.7 Å². The highest BCUT2D eigenvalue weighted by molar-refractivity contribution is 5.76. The van der Waals surface area contributed by atoms with Gasteiger partial charge in [0, 0.05) is 0 Å². The number of nitrogens with zero attached hydrogens (tertiary/aromatic N) is 1. The Morgan fingerprint density at radius 1 is 1.38 bits per heavy atom. The summed E-state index contributed by atoms with van der Waals surface area (Å²) in [5.41, 5.74) is 6.12. The van der Waals surface area contributed by atoms with Gasteiger partial charge in [-0.25, -0.2) is 0 Å². The lowest BCUT2D eigenvalue weighted by Crippen LogP contribution is -2.30. The maximum Gasteiger partial charge on any atom is 0.221 e. The van der Waals surface area contributed by atoms with Crippen molar-refractivity contribution in [1.82, 2.24) is 4.90 Å². The first-order chi connectivity index (χ1) is 10.1. The highest BCUT2D eigenvalue weighted by Gasteiger charge is 2.15. The fourth-order valence-corrected chi connectivity index (χ4v) is 2.86. The highest BCUT2D eigenvalue weighted by Crippen LogP contribution is 2.21. The summed E-state index contributed by atoms with van der Waals surface area (Å²) in [4.78, 5) is 13.3. The molecule has 1 fully saturated rings. The van der Waals surface area contributed by atoms with Gasteiger partial charge in [-0.2, -0.15) is 0 Å². The van der Waals surface area contributed by atoms with E-state index in [4.69, 9.17) is 10.5 Å². The number of benzene rings is 1. The Bertz CT molecular complexity index is 454. The summed E-state index contributed by atoms with van der Waals surface area (Å²) in [5, 5.41) is 0. The summed E-state index contributed by atoms with van der Waals surface area (Å²) in [6.45, 7) is 3.19. The Morgan fingerprint density at radius 3 is 2.86 bits per heavy atom. The number of carbonyl (C=O) groups is 1. The zero-order valence-corrected chi connectivity index (χ0v) is 12.9. The number of ether oxygens (including phenoxy) is 1. The van der Waals surface area contributed by atoms with Crippen LogP contribution in [-0.4, -0.2) is 37.6 Å². The van der Waals surface area contributed by atoms with Crippen LogP contribution in [0.1, 0.15) is 31.2 Å². The summed E-state index contributed by atoms with van der Waals surface area (Å²) in [6.07, 6.45) is 5.23. The first-order valence-corrected chi connectivity index (χ1v) is 7.82. The van der Waals surface area contributed by atoms with Crippen LogP contribution in [0.2, 0.25) is 0 Å². The molecule has 0 spiro atoms. The zero-order chi connectivity index (χ0) is 15.1. The maximum absolute atomic E-state index is 10.9. The van der Waals surface area contributed by atoms with Gasteiger partial charge < -0.3 is 15.4 Å². The number of likely N-dealkylation sites (tertiary alicyclic amines) is 1. The van der Waals surface area contributed by atoms with E-state index in [1.165, 1.54) is 32.4 Å². The van der Waals surface area contributed by atoms with Crippen molar-refractivity contribution in [3.05, 3.63) is 29.8 Å². The molecule has 116 valence electrons. The average Bonchev–Trinajstić information content (AvgIpc) is 2.45. The Balaban J connectivity index is 1.67. The van der Waals surface area contributed by atoms with Crippen molar-refractivity contribution in [3.8, 4) is 5.75 Å². The quantitative estimate of drug-likeness (QED) is 0.783. The number of carbonyl (C=O) groups excluding carboxylic acids is 1. The van der Waals surface area contributed by atoms with Crippen LogP contribution < -0.4 is 10.5 Å². The van der Waals surface area contributed by atoms with Gasteiger partial charge in [-0.05, 0) is 69.4 Å². The van der Waals surface area contributed by atoms with E-state index in [1.807, 2.05) is 24.3 Å². The van der Waals surface area contributed by atoms with Gasteiger partial charge in [0.25, 0.3) is 0 Å². The lowest BCUT2D eigenvalue weighted by Gasteiger charge is -2.28. The number of hydrogen-bond acceptors (Lipinski definition) is 3. The van der Waals surface area contributed by atoms with Gasteiger partial charge in [-0.1, -0.05) is 12.1 Å². The fourth-order valence-electron chi connectivity index (χ4n) is 2.86. The second kappa shape index (κ2) is 8.03. The molecular formula is C17H26N2O2. The molecule has 0 aromatic heterocycles. The monoisotopic (exact) mass is 290 g/mol. The molecule has 4 heteroatoms. The third-order valence-electron chi connectivity index (χ3n) is 4.14. The van der Waals surface area contributed by atoms with Crippen molar-refractivity contribution in [2.45, 2.75) is 32.1 Å². The van der Waals surface area contributed by atoms with Gasteiger partial charge in [0.1, 0.15) is 5.75 Å². The standard InChI is InChI=1S/C17H26N2O2/c1-19-9-7-14(8-10-19)5-3-11-21-16-6-2-4-15(12-16)13-17(18)20/h2,4,6,12,14H,3,5,7-11,13H2,1H3,(H2,18,20). The highest BCUT2D eigenvalue weighted by atomic mass is 16.5.